The maximum atomic E-state index is 3.60. The van der Waals surface area contributed by atoms with Crippen LogP contribution in [0, 0.1) is 12.8 Å². The molecule has 0 spiro atoms. The Morgan fingerprint density at radius 2 is 2.22 bits per heavy atom. The molecule has 1 aromatic rings. The molecule has 2 unspecified atom stereocenters. The van der Waals surface area contributed by atoms with E-state index in [9.17, 15) is 0 Å². The number of benzene rings is 1. The minimum absolute atomic E-state index is 0.521. The van der Waals surface area contributed by atoms with Crippen LogP contribution in [-0.4, -0.2) is 32.1 Å². The molecule has 1 fully saturated rings. The summed E-state index contributed by atoms with van der Waals surface area (Å²) in [6, 6.07) is 7.14. The van der Waals surface area contributed by atoms with Crippen LogP contribution in [0.15, 0.2) is 22.7 Å². The van der Waals surface area contributed by atoms with Crippen molar-refractivity contribution in [1.29, 1.82) is 0 Å². The minimum atomic E-state index is 0.521. The van der Waals surface area contributed by atoms with Crippen molar-refractivity contribution in [3.8, 4) is 0 Å². The van der Waals surface area contributed by atoms with Gasteiger partial charge in [0, 0.05) is 10.5 Å². The van der Waals surface area contributed by atoms with Crippen LogP contribution < -0.4 is 5.32 Å². The van der Waals surface area contributed by atoms with Gasteiger partial charge in [0.05, 0.1) is 0 Å². The highest BCUT2D eigenvalue weighted by molar-refractivity contribution is 9.10. The summed E-state index contributed by atoms with van der Waals surface area (Å²) < 4.78 is 1.18. The topological polar surface area (TPSA) is 15.3 Å². The van der Waals surface area contributed by atoms with E-state index < -0.39 is 0 Å². The number of nitrogens with zero attached hydrogens (tertiary/aromatic N) is 1. The molecule has 0 bridgehead atoms. The fraction of sp³-hybridized carbons (Fsp3) is 0.600. The van der Waals surface area contributed by atoms with E-state index in [4.69, 9.17) is 0 Å². The third-order valence-corrected chi connectivity index (χ3v) is 4.44. The molecule has 0 aliphatic carbocycles. The number of aryl methyl sites for hydroxylation is 1. The third kappa shape index (κ3) is 3.34. The van der Waals surface area contributed by atoms with Crippen LogP contribution in [0.4, 0.5) is 0 Å². The van der Waals surface area contributed by atoms with Gasteiger partial charge < -0.3 is 10.2 Å². The van der Waals surface area contributed by atoms with Gasteiger partial charge in [0.2, 0.25) is 0 Å². The normalized spacial score (nSPS) is 21.5. The minimum Gasteiger partial charge on any atom is -0.316 e. The summed E-state index contributed by atoms with van der Waals surface area (Å²) in [5.41, 5.74) is 2.85. The number of hydrogen-bond donors (Lipinski definition) is 1. The molecular weight excluding hydrogens is 288 g/mol. The van der Waals surface area contributed by atoms with E-state index >= 15 is 0 Å². The summed E-state index contributed by atoms with van der Waals surface area (Å²) in [6.07, 6.45) is 2.56. The Bertz CT molecular complexity index is 397. The molecule has 3 heteroatoms. The SMILES string of the molecule is Cc1ccc(Br)cc1C(CC1CCNC1)N(C)C. The fourth-order valence-corrected chi connectivity index (χ4v) is 3.20. The van der Waals surface area contributed by atoms with E-state index in [2.05, 4.69) is 65.4 Å². The van der Waals surface area contributed by atoms with E-state index in [0.717, 1.165) is 5.92 Å². The van der Waals surface area contributed by atoms with Crippen molar-refractivity contribution in [3.05, 3.63) is 33.8 Å². The smallest absolute Gasteiger partial charge is 0.0348 e. The molecule has 1 aliphatic rings. The lowest BCUT2D eigenvalue weighted by molar-refractivity contribution is 0.252. The molecule has 1 saturated heterocycles. The Labute approximate surface area is 119 Å². The zero-order valence-electron chi connectivity index (χ0n) is 11.5. The van der Waals surface area contributed by atoms with Gasteiger partial charge in [-0.25, -0.2) is 0 Å². The Balaban J connectivity index is 2.20. The molecule has 0 saturated carbocycles. The van der Waals surface area contributed by atoms with Gasteiger partial charge in [-0.3, -0.25) is 0 Å². The molecule has 100 valence electrons. The predicted octanol–water partition coefficient (Wildman–Crippen LogP) is 3.36. The van der Waals surface area contributed by atoms with Gasteiger partial charge in [-0.1, -0.05) is 22.0 Å². The lowest BCUT2D eigenvalue weighted by Gasteiger charge is -2.28. The molecule has 1 aromatic carbocycles. The molecule has 2 rings (SSSR count). The van der Waals surface area contributed by atoms with Crippen LogP contribution in [0.1, 0.15) is 30.0 Å². The van der Waals surface area contributed by atoms with Crippen LogP contribution >= 0.6 is 15.9 Å². The number of nitrogens with one attached hydrogen (secondary N) is 1. The molecule has 1 aliphatic heterocycles. The third-order valence-electron chi connectivity index (χ3n) is 3.94. The van der Waals surface area contributed by atoms with Gasteiger partial charge in [0.15, 0.2) is 0 Å². The second-order valence-corrected chi connectivity index (χ2v) is 6.49. The Hall–Kier alpha value is -0.380. The summed E-state index contributed by atoms with van der Waals surface area (Å²) in [6.45, 7) is 4.57. The van der Waals surface area contributed by atoms with Crippen molar-refractivity contribution < 1.29 is 0 Å². The first kappa shape index (κ1) is 14.0. The quantitative estimate of drug-likeness (QED) is 0.917. The van der Waals surface area contributed by atoms with E-state index in [1.54, 1.807) is 0 Å². The van der Waals surface area contributed by atoms with E-state index in [1.165, 1.54) is 41.5 Å². The standard InChI is InChI=1S/C15H23BrN2/c1-11-4-5-13(16)9-14(11)15(18(2)3)8-12-6-7-17-10-12/h4-5,9,12,15,17H,6-8,10H2,1-3H3. The highest BCUT2D eigenvalue weighted by atomic mass is 79.9. The molecule has 0 aromatic heterocycles. The summed E-state index contributed by atoms with van der Waals surface area (Å²) in [5, 5.41) is 3.47. The van der Waals surface area contributed by atoms with Crippen LogP contribution in [0.5, 0.6) is 0 Å². The van der Waals surface area contributed by atoms with Gasteiger partial charge in [-0.2, -0.15) is 0 Å². The lowest BCUT2D eigenvalue weighted by atomic mass is 9.91. The predicted molar refractivity (Wildman–Crippen MR) is 80.9 cm³/mol. The summed E-state index contributed by atoms with van der Waals surface area (Å²) >= 11 is 3.60. The molecular formula is C15H23BrN2. The maximum Gasteiger partial charge on any atom is 0.0348 e. The summed E-state index contributed by atoms with van der Waals surface area (Å²) in [5.74, 6) is 0.816. The van der Waals surface area contributed by atoms with E-state index in [1.807, 2.05) is 0 Å². The first-order valence-electron chi connectivity index (χ1n) is 6.71. The maximum absolute atomic E-state index is 3.60. The average molecular weight is 311 g/mol. The van der Waals surface area contributed by atoms with Crippen LogP contribution in [0.2, 0.25) is 0 Å². The van der Waals surface area contributed by atoms with Crippen LogP contribution in [0.25, 0.3) is 0 Å². The largest absolute Gasteiger partial charge is 0.316 e. The van der Waals surface area contributed by atoms with Gasteiger partial charge in [0.25, 0.3) is 0 Å². The van der Waals surface area contributed by atoms with Crippen LogP contribution in [-0.2, 0) is 0 Å². The van der Waals surface area contributed by atoms with Gasteiger partial charge >= 0.3 is 0 Å². The molecule has 2 nitrogen and oxygen atoms in total. The zero-order valence-corrected chi connectivity index (χ0v) is 13.1. The second kappa shape index (κ2) is 6.18. The Kier molecular flexibility index (Phi) is 4.82. The van der Waals surface area contributed by atoms with Gasteiger partial charge in [-0.05, 0) is 76.1 Å². The fourth-order valence-electron chi connectivity index (χ4n) is 2.82. The van der Waals surface area contributed by atoms with E-state index in [0.29, 0.717) is 6.04 Å². The molecule has 0 radical (unpaired) electrons. The highest BCUT2D eigenvalue weighted by Crippen LogP contribution is 2.32. The van der Waals surface area contributed by atoms with Gasteiger partial charge in [-0.15, -0.1) is 0 Å². The summed E-state index contributed by atoms with van der Waals surface area (Å²) in [4.78, 5) is 2.35. The molecule has 0 amide bonds. The van der Waals surface area contributed by atoms with Crippen molar-refractivity contribution in [2.45, 2.75) is 25.8 Å². The number of hydrogen-bond acceptors (Lipinski definition) is 2. The monoisotopic (exact) mass is 310 g/mol. The van der Waals surface area contributed by atoms with Crippen molar-refractivity contribution >= 4 is 15.9 Å². The molecule has 1 heterocycles. The molecule has 1 N–H and O–H groups in total. The van der Waals surface area contributed by atoms with Crippen molar-refractivity contribution in [3.63, 3.8) is 0 Å². The van der Waals surface area contributed by atoms with Crippen molar-refractivity contribution in [2.24, 2.45) is 5.92 Å². The second-order valence-electron chi connectivity index (χ2n) is 5.57. The number of rotatable bonds is 4. The Morgan fingerprint density at radius 3 is 2.83 bits per heavy atom. The zero-order chi connectivity index (χ0) is 13.1. The molecule has 18 heavy (non-hydrogen) atoms. The van der Waals surface area contributed by atoms with Crippen LogP contribution in [0.3, 0.4) is 0 Å². The van der Waals surface area contributed by atoms with Crippen molar-refractivity contribution in [2.75, 3.05) is 27.2 Å². The lowest BCUT2D eigenvalue weighted by Crippen LogP contribution is -2.24. The van der Waals surface area contributed by atoms with Crippen molar-refractivity contribution in [1.82, 2.24) is 10.2 Å². The Morgan fingerprint density at radius 1 is 1.44 bits per heavy atom. The first-order valence-corrected chi connectivity index (χ1v) is 7.50. The first-order chi connectivity index (χ1) is 8.58. The van der Waals surface area contributed by atoms with Gasteiger partial charge in [0.1, 0.15) is 0 Å². The summed E-state index contributed by atoms with van der Waals surface area (Å²) in [7, 11) is 4.38. The average Bonchev–Trinajstić information content (AvgIpc) is 2.82. The molecule has 2 atom stereocenters. The highest BCUT2D eigenvalue weighted by Gasteiger charge is 2.23. The number of halogens is 1. The van der Waals surface area contributed by atoms with E-state index in [-0.39, 0.29) is 0 Å².